The van der Waals surface area contributed by atoms with E-state index in [9.17, 15) is 5.11 Å². The molecule has 3 aromatic carbocycles. The zero-order valence-electron chi connectivity index (χ0n) is 17.6. The predicted molar refractivity (Wildman–Crippen MR) is 124 cm³/mol. The third-order valence-corrected chi connectivity index (χ3v) is 5.94. The van der Waals surface area contributed by atoms with E-state index in [1.807, 2.05) is 12.1 Å². The van der Waals surface area contributed by atoms with Gasteiger partial charge in [0.15, 0.2) is 0 Å². The maximum Gasteiger partial charge on any atom is 0.124 e. The van der Waals surface area contributed by atoms with Crippen LogP contribution in [-0.2, 0) is 0 Å². The highest BCUT2D eigenvalue weighted by molar-refractivity contribution is 5.98. The van der Waals surface area contributed by atoms with Gasteiger partial charge in [0.05, 0.1) is 6.10 Å². The van der Waals surface area contributed by atoms with E-state index in [4.69, 9.17) is 4.74 Å². The van der Waals surface area contributed by atoms with Gasteiger partial charge in [-0.25, -0.2) is 0 Å². The molecule has 1 saturated carbocycles. The van der Waals surface area contributed by atoms with Crippen molar-refractivity contribution in [2.45, 2.75) is 51.2 Å². The summed E-state index contributed by atoms with van der Waals surface area (Å²) in [7, 11) is 0. The van der Waals surface area contributed by atoms with Crippen LogP contribution in [0.4, 0.5) is 0 Å². The monoisotopic (exact) mass is 398 g/mol. The molecule has 1 aliphatic rings. The Morgan fingerprint density at radius 2 is 1.33 bits per heavy atom. The quantitative estimate of drug-likeness (QED) is 0.466. The Kier molecular flexibility index (Phi) is 6.66. The van der Waals surface area contributed by atoms with Gasteiger partial charge in [-0.15, -0.1) is 0 Å². The van der Waals surface area contributed by atoms with Crippen molar-refractivity contribution in [3.63, 3.8) is 0 Å². The number of ether oxygens (including phenoxy) is 1. The highest BCUT2D eigenvalue weighted by Crippen LogP contribution is 2.35. The second-order valence-electron chi connectivity index (χ2n) is 7.97. The number of allylic oxidation sites excluding steroid dienone is 1. The highest BCUT2D eigenvalue weighted by Gasteiger charge is 2.24. The summed E-state index contributed by atoms with van der Waals surface area (Å²) in [4.78, 5) is 0. The fourth-order valence-corrected chi connectivity index (χ4v) is 4.37. The number of aliphatic hydroxyl groups excluding tert-OH is 1. The Morgan fingerprint density at radius 1 is 0.767 bits per heavy atom. The molecule has 2 heteroatoms. The van der Waals surface area contributed by atoms with Crippen LogP contribution in [0.3, 0.4) is 0 Å². The van der Waals surface area contributed by atoms with Crippen molar-refractivity contribution in [3.8, 4) is 5.75 Å². The van der Waals surface area contributed by atoms with Crippen molar-refractivity contribution in [1.82, 2.24) is 0 Å². The molecule has 3 aromatic rings. The molecular formula is C28H30O2. The molecule has 30 heavy (non-hydrogen) atoms. The minimum Gasteiger partial charge on any atom is -0.488 e. The molecule has 0 radical (unpaired) electrons. The summed E-state index contributed by atoms with van der Waals surface area (Å²) >= 11 is 0. The second-order valence-corrected chi connectivity index (χ2v) is 7.97. The second kappa shape index (κ2) is 9.77. The lowest BCUT2D eigenvalue weighted by molar-refractivity contribution is 0.00687. The van der Waals surface area contributed by atoms with E-state index in [0.29, 0.717) is 0 Å². The first-order chi connectivity index (χ1) is 14.8. The van der Waals surface area contributed by atoms with Crippen molar-refractivity contribution in [1.29, 1.82) is 0 Å². The molecule has 1 aliphatic carbocycles. The normalized spacial score (nSPS) is 19.8. The summed E-state index contributed by atoms with van der Waals surface area (Å²) in [6.07, 6.45) is 4.46. The van der Waals surface area contributed by atoms with Crippen LogP contribution in [0.15, 0.2) is 84.9 Å². The smallest absolute Gasteiger partial charge is 0.124 e. The van der Waals surface area contributed by atoms with Crippen molar-refractivity contribution in [2.24, 2.45) is 0 Å². The SMILES string of the molecule is CCC(=C(c1ccccc1)c1ccc(O[C@@H]2CCCC[C@H]2O)cc1)c1ccccc1. The van der Waals surface area contributed by atoms with E-state index in [1.165, 1.54) is 27.8 Å². The average molecular weight is 399 g/mol. The zero-order valence-corrected chi connectivity index (χ0v) is 17.6. The van der Waals surface area contributed by atoms with Crippen molar-refractivity contribution in [3.05, 3.63) is 102 Å². The minimum absolute atomic E-state index is 0.0933. The molecule has 0 aromatic heterocycles. The van der Waals surface area contributed by atoms with E-state index < -0.39 is 0 Å². The largest absolute Gasteiger partial charge is 0.488 e. The molecule has 0 aliphatic heterocycles. The first kappa shape index (κ1) is 20.4. The topological polar surface area (TPSA) is 29.5 Å². The Balaban J connectivity index is 1.70. The van der Waals surface area contributed by atoms with Crippen molar-refractivity contribution >= 4 is 11.1 Å². The maximum atomic E-state index is 10.2. The Labute approximate surface area is 179 Å². The number of hydrogen-bond donors (Lipinski definition) is 1. The fourth-order valence-electron chi connectivity index (χ4n) is 4.37. The maximum absolute atomic E-state index is 10.2. The summed E-state index contributed by atoms with van der Waals surface area (Å²) in [5, 5.41) is 10.2. The van der Waals surface area contributed by atoms with Crippen molar-refractivity contribution in [2.75, 3.05) is 0 Å². The number of benzene rings is 3. The van der Waals surface area contributed by atoms with Gasteiger partial charge in [-0.3, -0.25) is 0 Å². The van der Waals surface area contributed by atoms with Crippen molar-refractivity contribution < 1.29 is 9.84 Å². The number of hydrogen-bond acceptors (Lipinski definition) is 2. The molecule has 0 amide bonds. The predicted octanol–water partition coefficient (Wildman–Crippen LogP) is 6.74. The Bertz CT molecular complexity index is 959. The van der Waals surface area contributed by atoms with Gasteiger partial charge in [0.25, 0.3) is 0 Å². The van der Waals surface area contributed by atoms with E-state index in [-0.39, 0.29) is 12.2 Å². The van der Waals surface area contributed by atoms with Crippen LogP contribution in [0.25, 0.3) is 11.1 Å². The fraction of sp³-hybridized carbons (Fsp3) is 0.286. The molecule has 2 atom stereocenters. The highest BCUT2D eigenvalue weighted by atomic mass is 16.5. The molecule has 0 saturated heterocycles. The summed E-state index contributed by atoms with van der Waals surface area (Å²) < 4.78 is 6.11. The van der Waals surface area contributed by atoms with Crippen LogP contribution >= 0.6 is 0 Å². The van der Waals surface area contributed by atoms with Crippen LogP contribution in [0.2, 0.25) is 0 Å². The van der Waals surface area contributed by atoms with Gasteiger partial charge in [-0.2, -0.15) is 0 Å². The molecule has 1 fully saturated rings. The summed E-state index contributed by atoms with van der Waals surface area (Å²) in [6, 6.07) is 29.6. The van der Waals surface area contributed by atoms with Gasteiger partial charge in [-0.1, -0.05) is 86.1 Å². The molecule has 0 heterocycles. The van der Waals surface area contributed by atoms with Gasteiger partial charge in [0, 0.05) is 0 Å². The van der Waals surface area contributed by atoms with E-state index >= 15 is 0 Å². The third-order valence-electron chi connectivity index (χ3n) is 5.94. The molecule has 154 valence electrons. The van der Waals surface area contributed by atoms with Crippen LogP contribution in [-0.4, -0.2) is 17.3 Å². The average Bonchev–Trinajstić information content (AvgIpc) is 2.81. The zero-order chi connectivity index (χ0) is 20.8. The Morgan fingerprint density at radius 3 is 1.93 bits per heavy atom. The van der Waals surface area contributed by atoms with E-state index in [0.717, 1.165) is 37.9 Å². The molecule has 4 rings (SSSR count). The molecule has 1 N–H and O–H groups in total. The lowest BCUT2D eigenvalue weighted by atomic mass is 9.88. The first-order valence-electron chi connectivity index (χ1n) is 11.1. The van der Waals surface area contributed by atoms with E-state index in [1.54, 1.807) is 0 Å². The van der Waals surface area contributed by atoms with Gasteiger partial charge in [0.1, 0.15) is 11.9 Å². The number of aliphatic hydroxyl groups is 1. The molecular weight excluding hydrogens is 368 g/mol. The van der Waals surface area contributed by atoms with Crippen LogP contribution < -0.4 is 4.74 Å². The summed E-state index contributed by atoms with van der Waals surface area (Å²) in [5.74, 6) is 0.829. The summed E-state index contributed by atoms with van der Waals surface area (Å²) in [6.45, 7) is 2.22. The third kappa shape index (κ3) is 4.66. The minimum atomic E-state index is -0.358. The molecule has 2 nitrogen and oxygen atoms in total. The molecule has 0 spiro atoms. The van der Waals surface area contributed by atoms with Gasteiger partial charge in [-0.05, 0) is 65.7 Å². The van der Waals surface area contributed by atoms with Gasteiger partial charge >= 0.3 is 0 Å². The number of rotatable bonds is 6. The lowest BCUT2D eigenvalue weighted by Gasteiger charge is -2.28. The van der Waals surface area contributed by atoms with Crippen LogP contribution in [0.5, 0.6) is 5.75 Å². The Hall–Kier alpha value is -2.84. The first-order valence-corrected chi connectivity index (χ1v) is 11.1. The standard InChI is InChI=1S/C28H30O2/c1-2-25(21-11-5-3-6-12-21)28(22-13-7-4-8-14-22)23-17-19-24(20-18-23)30-27-16-10-9-15-26(27)29/h3-8,11-14,17-20,26-27,29H,2,9-10,15-16H2,1H3/t26-,27-/m1/s1. The molecule has 0 unspecified atom stereocenters. The van der Waals surface area contributed by atoms with E-state index in [2.05, 4.69) is 79.7 Å². The van der Waals surface area contributed by atoms with Gasteiger partial charge in [0.2, 0.25) is 0 Å². The van der Waals surface area contributed by atoms with Crippen LogP contribution in [0, 0.1) is 0 Å². The molecule has 0 bridgehead atoms. The summed E-state index contributed by atoms with van der Waals surface area (Å²) in [5.41, 5.74) is 6.24. The van der Waals surface area contributed by atoms with Gasteiger partial charge < -0.3 is 9.84 Å². The van der Waals surface area contributed by atoms with Crippen LogP contribution in [0.1, 0.15) is 55.7 Å². The lowest BCUT2D eigenvalue weighted by Crippen LogP contribution is -2.34.